The van der Waals surface area contributed by atoms with Crippen LogP contribution in [0.5, 0.6) is 0 Å². The van der Waals surface area contributed by atoms with Crippen molar-refractivity contribution in [3.8, 4) is 0 Å². The Labute approximate surface area is 124 Å². The lowest BCUT2D eigenvalue weighted by molar-refractivity contribution is -0.111. The summed E-state index contributed by atoms with van der Waals surface area (Å²) in [6.45, 7) is 0. The van der Waals surface area contributed by atoms with Gasteiger partial charge in [0.2, 0.25) is 5.91 Å². The SMILES string of the molecule is O=C(C=Cc1cccs1)Nc1ccc2c(c1)C(=O)NC2=O. The highest BCUT2D eigenvalue weighted by Gasteiger charge is 2.26. The summed E-state index contributed by atoms with van der Waals surface area (Å²) in [5, 5.41) is 6.78. The monoisotopic (exact) mass is 298 g/mol. The van der Waals surface area contributed by atoms with Crippen molar-refractivity contribution in [1.29, 1.82) is 0 Å². The normalized spacial score (nSPS) is 13.3. The summed E-state index contributed by atoms with van der Waals surface area (Å²) in [5.74, 6) is -1.15. The Hall–Kier alpha value is -2.73. The zero-order valence-corrected chi connectivity index (χ0v) is 11.6. The van der Waals surface area contributed by atoms with Gasteiger partial charge in [-0.25, -0.2) is 0 Å². The van der Waals surface area contributed by atoms with Gasteiger partial charge in [0.15, 0.2) is 0 Å². The summed E-state index contributed by atoms with van der Waals surface area (Å²) in [6, 6.07) is 8.41. The van der Waals surface area contributed by atoms with E-state index in [1.54, 1.807) is 12.1 Å². The largest absolute Gasteiger partial charge is 0.322 e. The number of thiophene rings is 1. The third-order valence-electron chi connectivity index (χ3n) is 2.95. The van der Waals surface area contributed by atoms with Crippen LogP contribution in [0.3, 0.4) is 0 Å². The number of rotatable bonds is 3. The molecule has 1 aliphatic rings. The first-order valence-corrected chi connectivity index (χ1v) is 7.04. The standard InChI is InChI=1S/C15H10N2O3S/c18-13(6-4-10-2-1-7-21-10)16-9-3-5-11-12(8-9)15(20)17-14(11)19/h1-8H,(H,16,18)(H,17,19,20). The van der Waals surface area contributed by atoms with Crippen molar-refractivity contribution in [2.45, 2.75) is 0 Å². The van der Waals surface area contributed by atoms with Crippen LogP contribution in [0.4, 0.5) is 5.69 Å². The lowest BCUT2D eigenvalue weighted by Gasteiger charge is -2.03. The Morgan fingerprint density at radius 2 is 1.95 bits per heavy atom. The minimum atomic E-state index is -0.444. The molecule has 0 aliphatic carbocycles. The number of nitrogens with one attached hydrogen (secondary N) is 2. The van der Waals surface area contributed by atoms with Crippen LogP contribution in [0.15, 0.2) is 41.8 Å². The predicted octanol–water partition coefficient (Wildman–Crippen LogP) is 2.28. The quantitative estimate of drug-likeness (QED) is 0.674. The van der Waals surface area contributed by atoms with Crippen molar-refractivity contribution in [3.63, 3.8) is 0 Å². The molecule has 6 heteroatoms. The Bertz CT molecular complexity index is 763. The van der Waals surface area contributed by atoms with Crippen LogP contribution in [-0.4, -0.2) is 17.7 Å². The van der Waals surface area contributed by atoms with E-state index in [2.05, 4.69) is 10.6 Å². The van der Waals surface area contributed by atoms with E-state index in [4.69, 9.17) is 0 Å². The number of carbonyl (C=O) groups excluding carboxylic acids is 3. The first-order valence-electron chi connectivity index (χ1n) is 6.16. The second-order valence-corrected chi connectivity index (χ2v) is 5.36. The number of imide groups is 1. The molecule has 1 aromatic heterocycles. The topological polar surface area (TPSA) is 75.3 Å². The van der Waals surface area contributed by atoms with Crippen LogP contribution < -0.4 is 10.6 Å². The van der Waals surface area contributed by atoms with Gasteiger partial charge < -0.3 is 5.32 Å². The molecule has 3 amide bonds. The zero-order valence-electron chi connectivity index (χ0n) is 10.8. The highest BCUT2D eigenvalue weighted by molar-refractivity contribution is 7.10. The molecular formula is C15H10N2O3S. The third kappa shape index (κ3) is 2.75. The fourth-order valence-corrected chi connectivity index (χ4v) is 2.59. The van der Waals surface area contributed by atoms with E-state index < -0.39 is 11.8 Å². The van der Waals surface area contributed by atoms with Crippen LogP contribution >= 0.6 is 11.3 Å². The molecule has 2 aromatic rings. The van der Waals surface area contributed by atoms with Crippen molar-refractivity contribution in [1.82, 2.24) is 5.32 Å². The molecule has 104 valence electrons. The maximum Gasteiger partial charge on any atom is 0.259 e. The highest BCUT2D eigenvalue weighted by Crippen LogP contribution is 2.20. The van der Waals surface area contributed by atoms with E-state index in [9.17, 15) is 14.4 Å². The van der Waals surface area contributed by atoms with Gasteiger partial charge in [-0.1, -0.05) is 6.07 Å². The summed E-state index contributed by atoms with van der Waals surface area (Å²) in [4.78, 5) is 35.7. The minimum Gasteiger partial charge on any atom is -0.322 e. The van der Waals surface area contributed by atoms with Gasteiger partial charge in [-0.2, -0.15) is 0 Å². The molecule has 1 aromatic carbocycles. The van der Waals surface area contributed by atoms with Gasteiger partial charge in [0, 0.05) is 16.6 Å². The van der Waals surface area contributed by atoms with E-state index in [-0.39, 0.29) is 11.5 Å². The molecule has 1 aliphatic heterocycles. The van der Waals surface area contributed by atoms with Crippen LogP contribution in [-0.2, 0) is 4.79 Å². The molecule has 0 bridgehead atoms. The molecule has 0 unspecified atom stereocenters. The van der Waals surface area contributed by atoms with Crippen LogP contribution in [0.1, 0.15) is 25.6 Å². The first kappa shape index (κ1) is 13.3. The number of fused-ring (bicyclic) bond motifs is 1. The number of carbonyl (C=O) groups is 3. The molecule has 2 N–H and O–H groups in total. The van der Waals surface area contributed by atoms with E-state index in [1.165, 1.54) is 29.5 Å². The second kappa shape index (κ2) is 5.34. The first-order chi connectivity index (χ1) is 10.1. The highest BCUT2D eigenvalue weighted by atomic mass is 32.1. The summed E-state index contributed by atoms with van der Waals surface area (Å²) < 4.78 is 0. The minimum absolute atomic E-state index is 0.278. The van der Waals surface area contributed by atoms with Crippen molar-refractivity contribution >= 4 is 40.8 Å². The van der Waals surface area contributed by atoms with Crippen molar-refractivity contribution in [2.75, 3.05) is 5.32 Å². The number of hydrogen-bond acceptors (Lipinski definition) is 4. The second-order valence-electron chi connectivity index (χ2n) is 4.38. The van der Waals surface area contributed by atoms with Crippen LogP contribution in [0, 0.1) is 0 Å². The van der Waals surface area contributed by atoms with Gasteiger partial charge in [-0.3, -0.25) is 19.7 Å². The van der Waals surface area contributed by atoms with Gasteiger partial charge in [-0.05, 0) is 35.7 Å². The summed E-state index contributed by atoms with van der Waals surface area (Å²) >= 11 is 1.53. The van der Waals surface area contributed by atoms with Gasteiger partial charge in [0.05, 0.1) is 11.1 Å². The molecule has 0 fully saturated rings. The summed E-state index contributed by atoms with van der Waals surface area (Å²) in [6.07, 6.45) is 3.13. The Balaban J connectivity index is 1.74. The van der Waals surface area contributed by atoms with Crippen molar-refractivity contribution < 1.29 is 14.4 Å². The molecule has 3 rings (SSSR count). The Morgan fingerprint density at radius 1 is 1.14 bits per heavy atom. The smallest absolute Gasteiger partial charge is 0.259 e. The van der Waals surface area contributed by atoms with E-state index in [0.29, 0.717) is 11.3 Å². The van der Waals surface area contributed by atoms with E-state index in [0.717, 1.165) is 4.88 Å². The van der Waals surface area contributed by atoms with Crippen LogP contribution in [0.2, 0.25) is 0 Å². The molecule has 0 spiro atoms. The molecule has 5 nitrogen and oxygen atoms in total. The lowest BCUT2D eigenvalue weighted by Crippen LogP contribution is -2.19. The molecule has 0 saturated heterocycles. The van der Waals surface area contributed by atoms with Gasteiger partial charge >= 0.3 is 0 Å². The zero-order chi connectivity index (χ0) is 14.8. The molecule has 0 atom stereocenters. The van der Waals surface area contributed by atoms with Crippen molar-refractivity contribution in [2.24, 2.45) is 0 Å². The maximum atomic E-state index is 11.8. The van der Waals surface area contributed by atoms with E-state index in [1.807, 2.05) is 17.5 Å². The summed E-state index contributed by atoms with van der Waals surface area (Å²) in [5.41, 5.74) is 1.08. The Kier molecular flexibility index (Phi) is 3.37. The van der Waals surface area contributed by atoms with Crippen molar-refractivity contribution in [3.05, 3.63) is 57.8 Å². The van der Waals surface area contributed by atoms with E-state index >= 15 is 0 Å². The number of amides is 3. The number of anilines is 1. The summed E-state index contributed by atoms with van der Waals surface area (Å²) in [7, 11) is 0. The van der Waals surface area contributed by atoms with Crippen LogP contribution in [0.25, 0.3) is 6.08 Å². The number of hydrogen-bond donors (Lipinski definition) is 2. The maximum absolute atomic E-state index is 11.8. The fourth-order valence-electron chi connectivity index (χ4n) is 1.97. The third-order valence-corrected chi connectivity index (χ3v) is 3.78. The van der Waals surface area contributed by atoms with Gasteiger partial charge in [-0.15, -0.1) is 11.3 Å². The molecule has 21 heavy (non-hydrogen) atoms. The molecule has 0 radical (unpaired) electrons. The van der Waals surface area contributed by atoms with Gasteiger partial charge in [0.1, 0.15) is 0 Å². The lowest BCUT2D eigenvalue weighted by atomic mass is 10.1. The predicted molar refractivity (Wildman–Crippen MR) is 80.2 cm³/mol. The average molecular weight is 298 g/mol. The fraction of sp³-hybridized carbons (Fsp3) is 0. The molecule has 2 heterocycles. The molecular weight excluding hydrogens is 288 g/mol. The Morgan fingerprint density at radius 3 is 2.71 bits per heavy atom. The molecule has 0 saturated carbocycles. The average Bonchev–Trinajstić information content (AvgIpc) is 3.06. The van der Waals surface area contributed by atoms with Gasteiger partial charge in [0.25, 0.3) is 11.8 Å². The number of benzene rings is 1.